The molecular weight excluding hydrogens is 348 g/mol. The van der Waals surface area contributed by atoms with Crippen LogP contribution in [0.15, 0.2) is 29.2 Å². The molecule has 1 aromatic rings. The number of carbonyl (C=O) groups is 3. The van der Waals surface area contributed by atoms with E-state index in [4.69, 9.17) is 4.74 Å². The Morgan fingerprint density at radius 1 is 1.32 bits per heavy atom. The minimum Gasteiger partial charge on any atom is -0.465 e. The third-order valence-electron chi connectivity index (χ3n) is 3.79. The molecule has 0 bridgehead atoms. The van der Waals surface area contributed by atoms with Crippen molar-refractivity contribution >= 4 is 33.3 Å². The predicted molar refractivity (Wildman–Crippen MR) is 89.7 cm³/mol. The highest BCUT2D eigenvalue weighted by Gasteiger charge is 2.36. The Bertz CT molecular complexity index is 790. The van der Waals surface area contributed by atoms with E-state index >= 15 is 0 Å². The zero-order valence-electron chi connectivity index (χ0n) is 14.0. The van der Waals surface area contributed by atoms with Crippen molar-refractivity contribution in [2.45, 2.75) is 30.4 Å². The monoisotopic (exact) mass is 368 g/mol. The molecule has 1 heterocycles. The molecule has 136 valence electrons. The van der Waals surface area contributed by atoms with E-state index < -0.39 is 32.9 Å². The van der Waals surface area contributed by atoms with Crippen molar-refractivity contribution in [2.24, 2.45) is 0 Å². The number of fused-ring (bicyclic) bond motifs is 1. The number of para-hydroxylation sites is 1. The lowest BCUT2D eigenvalue weighted by Gasteiger charge is -2.21. The van der Waals surface area contributed by atoms with Gasteiger partial charge in [-0.25, -0.2) is 8.42 Å². The van der Waals surface area contributed by atoms with Crippen LogP contribution in [0, 0.1) is 0 Å². The number of sulfone groups is 1. The largest absolute Gasteiger partial charge is 0.465 e. The van der Waals surface area contributed by atoms with Gasteiger partial charge in [-0.3, -0.25) is 14.4 Å². The Morgan fingerprint density at radius 3 is 2.68 bits per heavy atom. The van der Waals surface area contributed by atoms with Crippen LogP contribution in [-0.2, 0) is 29.0 Å². The molecule has 0 saturated heterocycles. The summed E-state index contributed by atoms with van der Waals surface area (Å²) in [6.07, 6.45) is -0.220. The van der Waals surface area contributed by atoms with E-state index in [2.05, 4.69) is 5.32 Å². The molecule has 1 N–H and O–H groups in total. The Labute approximate surface area is 146 Å². The number of rotatable bonds is 5. The van der Waals surface area contributed by atoms with Gasteiger partial charge in [0.2, 0.25) is 11.8 Å². The van der Waals surface area contributed by atoms with Gasteiger partial charge >= 0.3 is 5.97 Å². The highest BCUT2D eigenvalue weighted by Crippen LogP contribution is 2.33. The normalized spacial score (nSPS) is 18.9. The van der Waals surface area contributed by atoms with E-state index in [0.717, 1.165) is 4.90 Å². The van der Waals surface area contributed by atoms with Crippen molar-refractivity contribution in [3.05, 3.63) is 24.3 Å². The van der Waals surface area contributed by atoms with Gasteiger partial charge in [-0.2, -0.15) is 0 Å². The van der Waals surface area contributed by atoms with Crippen LogP contribution < -0.4 is 10.2 Å². The van der Waals surface area contributed by atoms with E-state index in [1.54, 1.807) is 19.1 Å². The second-order valence-corrected chi connectivity index (χ2v) is 7.92. The first-order chi connectivity index (χ1) is 11.8. The Kier molecular flexibility index (Phi) is 5.78. The molecule has 1 atom stereocenters. The summed E-state index contributed by atoms with van der Waals surface area (Å²) in [6.45, 7) is 2.62. The summed E-state index contributed by atoms with van der Waals surface area (Å²) in [5.41, 5.74) is 0.170. The molecule has 0 aromatic heterocycles. The summed E-state index contributed by atoms with van der Waals surface area (Å²) in [6, 6.07) is 6.07. The molecule has 1 unspecified atom stereocenters. The Hall–Kier alpha value is -2.42. The molecule has 9 heteroatoms. The fraction of sp³-hybridized carbons (Fsp3) is 0.438. The van der Waals surface area contributed by atoms with Crippen molar-refractivity contribution in [3.8, 4) is 0 Å². The molecule has 0 spiro atoms. The molecule has 1 aliphatic heterocycles. The highest BCUT2D eigenvalue weighted by atomic mass is 32.2. The number of esters is 1. The van der Waals surface area contributed by atoms with Gasteiger partial charge in [0.05, 0.1) is 22.4 Å². The van der Waals surface area contributed by atoms with Gasteiger partial charge in [0.15, 0.2) is 9.84 Å². The van der Waals surface area contributed by atoms with Gasteiger partial charge in [0, 0.05) is 6.42 Å². The van der Waals surface area contributed by atoms with E-state index in [0.29, 0.717) is 0 Å². The van der Waals surface area contributed by atoms with Crippen LogP contribution in [0.5, 0.6) is 0 Å². The first-order valence-electron chi connectivity index (χ1n) is 7.83. The summed E-state index contributed by atoms with van der Waals surface area (Å²) in [5.74, 6) is -1.63. The van der Waals surface area contributed by atoms with E-state index in [1.165, 1.54) is 19.1 Å². The number of benzene rings is 1. The maximum atomic E-state index is 12.5. The fourth-order valence-electron chi connectivity index (χ4n) is 2.49. The summed E-state index contributed by atoms with van der Waals surface area (Å²) in [4.78, 5) is 37.0. The van der Waals surface area contributed by atoms with E-state index in [9.17, 15) is 22.8 Å². The predicted octanol–water partition coefficient (Wildman–Crippen LogP) is 0.265. The Balaban J connectivity index is 2.23. The first kappa shape index (κ1) is 18.9. The van der Waals surface area contributed by atoms with Crippen LogP contribution in [0.4, 0.5) is 5.69 Å². The lowest BCUT2D eigenvalue weighted by Crippen LogP contribution is -2.42. The van der Waals surface area contributed by atoms with Crippen LogP contribution in [0.2, 0.25) is 0 Å². The minimum atomic E-state index is -3.66. The topological polar surface area (TPSA) is 110 Å². The van der Waals surface area contributed by atoms with Gasteiger partial charge in [-0.05, 0) is 26.0 Å². The summed E-state index contributed by atoms with van der Waals surface area (Å²) < 4.78 is 29.8. The van der Waals surface area contributed by atoms with Crippen molar-refractivity contribution in [1.82, 2.24) is 5.32 Å². The molecule has 1 aliphatic rings. The molecule has 2 amide bonds. The van der Waals surface area contributed by atoms with Crippen LogP contribution in [-0.4, -0.2) is 51.1 Å². The van der Waals surface area contributed by atoms with Gasteiger partial charge < -0.3 is 15.0 Å². The number of amides is 2. The molecule has 8 nitrogen and oxygen atoms in total. The number of anilines is 1. The van der Waals surface area contributed by atoms with Gasteiger partial charge in [0.25, 0.3) is 0 Å². The molecule has 25 heavy (non-hydrogen) atoms. The zero-order valence-corrected chi connectivity index (χ0v) is 14.8. The number of hydrogen-bond donors (Lipinski definition) is 1. The maximum Gasteiger partial charge on any atom is 0.325 e. The van der Waals surface area contributed by atoms with Crippen molar-refractivity contribution in [1.29, 1.82) is 0 Å². The second-order valence-electron chi connectivity index (χ2n) is 5.59. The van der Waals surface area contributed by atoms with E-state index in [1.807, 2.05) is 0 Å². The average Bonchev–Trinajstić information content (AvgIpc) is 2.63. The molecule has 0 saturated carbocycles. The Morgan fingerprint density at radius 2 is 2.00 bits per heavy atom. The first-order valence-corrected chi connectivity index (χ1v) is 9.37. The van der Waals surface area contributed by atoms with Crippen molar-refractivity contribution < 1.29 is 27.5 Å². The third-order valence-corrected chi connectivity index (χ3v) is 5.98. The molecule has 2 rings (SSSR count). The van der Waals surface area contributed by atoms with Crippen LogP contribution >= 0.6 is 0 Å². The summed E-state index contributed by atoms with van der Waals surface area (Å²) >= 11 is 0. The highest BCUT2D eigenvalue weighted by molar-refractivity contribution is 7.92. The summed E-state index contributed by atoms with van der Waals surface area (Å²) in [7, 11) is -3.66. The number of ether oxygens (including phenoxy) is 1. The molecule has 0 aliphatic carbocycles. The van der Waals surface area contributed by atoms with Gasteiger partial charge in [-0.15, -0.1) is 0 Å². The van der Waals surface area contributed by atoms with Crippen LogP contribution in [0.3, 0.4) is 0 Å². The summed E-state index contributed by atoms with van der Waals surface area (Å²) in [5, 5.41) is 1.48. The number of nitrogens with zero attached hydrogens (tertiary/aromatic N) is 1. The lowest BCUT2D eigenvalue weighted by atomic mass is 10.2. The lowest BCUT2D eigenvalue weighted by molar-refractivity contribution is -0.143. The standard InChI is InChI=1S/C16H20N2O6S/c1-3-24-16(21)9-17-14(19)10-18-12-6-4-5-7-13(12)25(22,23)11(2)8-15(18)20/h4-7,11H,3,8-10H2,1-2H3,(H,17,19). The molecule has 0 fully saturated rings. The molecule has 0 radical (unpaired) electrons. The number of hydrogen-bond acceptors (Lipinski definition) is 6. The van der Waals surface area contributed by atoms with Gasteiger partial charge in [0.1, 0.15) is 13.1 Å². The van der Waals surface area contributed by atoms with Crippen LogP contribution in [0.1, 0.15) is 20.3 Å². The molecular formula is C16H20N2O6S. The maximum absolute atomic E-state index is 12.5. The van der Waals surface area contributed by atoms with E-state index in [-0.39, 0.29) is 36.7 Å². The minimum absolute atomic E-state index is 0.0199. The third kappa shape index (κ3) is 4.16. The zero-order chi connectivity index (χ0) is 18.6. The number of nitrogens with one attached hydrogen (secondary N) is 1. The average molecular weight is 368 g/mol. The second kappa shape index (κ2) is 7.64. The SMILES string of the molecule is CCOC(=O)CNC(=O)CN1C(=O)CC(C)S(=O)(=O)c2ccccc21. The van der Waals surface area contributed by atoms with Crippen LogP contribution in [0.25, 0.3) is 0 Å². The number of carbonyl (C=O) groups excluding carboxylic acids is 3. The smallest absolute Gasteiger partial charge is 0.325 e. The van der Waals surface area contributed by atoms with Gasteiger partial charge in [-0.1, -0.05) is 12.1 Å². The molecule has 1 aromatic carbocycles. The fourth-order valence-corrected chi connectivity index (χ4v) is 4.03. The van der Waals surface area contributed by atoms with Crippen molar-refractivity contribution in [2.75, 3.05) is 24.6 Å². The quantitative estimate of drug-likeness (QED) is 0.747. The van der Waals surface area contributed by atoms with Crippen molar-refractivity contribution in [3.63, 3.8) is 0 Å².